The molecule has 2 aromatic rings. The summed E-state index contributed by atoms with van der Waals surface area (Å²) in [5.41, 5.74) is 0.791. The Morgan fingerprint density at radius 1 is 1.03 bits per heavy atom. The van der Waals surface area contributed by atoms with Crippen molar-refractivity contribution in [2.24, 2.45) is 5.41 Å². The van der Waals surface area contributed by atoms with Gasteiger partial charge in [-0.15, -0.1) is 0 Å². The maximum atomic E-state index is 11.9. The number of fused-ring (bicyclic) bond motifs is 1. The number of hydrogen-bond donors (Lipinski definition) is 1. The topological polar surface area (TPSA) is 69.6 Å². The first kappa shape index (κ1) is 30.3. The molecule has 1 aliphatic heterocycles. The van der Waals surface area contributed by atoms with Crippen LogP contribution in [0.1, 0.15) is 80.1 Å². The van der Waals surface area contributed by atoms with E-state index in [4.69, 9.17) is 21.6 Å². The van der Waals surface area contributed by atoms with Gasteiger partial charge < -0.3 is 0 Å². The molecule has 0 bridgehead atoms. The van der Waals surface area contributed by atoms with Crippen LogP contribution in [0, 0.1) is 5.41 Å². The molecule has 0 radical (unpaired) electrons. The Morgan fingerprint density at radius 2 is 1.62 bits per heavy atom. The van der Waals surface area contributed by atoms with Crippen LogP contribution in [0.4, 0.5) is 10.6 Å². The van der Waals surface area contributed by atoms with Gasteiger partial charge in [0.1, 0.15) is 0 Å². The van der Waals surface area contributed by atoms with Gasteiger partial charge in [0.05, 0.1) is 0 Å². The maximum absolute atomic E-state index is 11.9. The molecule has 1 aromatic heterocycles. The number of carbonyl (C=O) groups is 1. The Morgan fingerprint density at radius 3 is 2.14 bits per heavy atom. The van der Waals surface area contributed by atoms with Crippen LogP contribution in [-0.2, 0) is 0 Å². The Bertz CT molecular complexity index is 1040. The number of rotatable bonds is 11. The number of aromatic nitrogens is 2. The summed E-state index contributed by atoms with van der Waals surface area (Å²) in [6.45, 7) is 14.9. The zero-order valence-electron chi connectivity index (χ0n) is 23.8. The van der Waals surface area contributed by atoms with Crippen LogP contribution in [0.15, 0.2) is 18.5 Å². The van der Waals surface area contributed by atoms with Gasteiger partial charge in [0, 0.05) is 0 Å². The van der Waals surface area contributed by atoms with Crippen molar-refractivity contribution >= 4 is 56.4 Å². The molecule has 0 saturated carbocycles. The summed E-state index contributed by atoms with van der Waals surface area (Å²) in [4.78, 5) is 25.2. The zero-order valence-corrected chi connectivity index (χ0v) is 27.4. The van der Waals surface area contributed by atoms with Crippen LogP contribution in [-0.4, -0.2) is 70.1 Å². The molecular formula is C29H47ClN4O2Sn. The molecule has 206 valence electrons. The van der Waals surface area contributed by atoms with Gasteiger partial charge >= 0.3 is 234 Å². The molecule has 6 nitrogen and oxygen atoms in total. The summed E-state index contributed by atoms with van der Waals surface area (Å²) in [6, 6.07) is 4.33. The number of carboxylic acid groups (broad SMARTS) is 1. The van der Waals surface area contributed by atoms with Crippen LogP contribution in [0.3, 0.4) is 0 Å². The summed E-state index contributed by atoms with van der Waals surface area (Å²) < 4.78 is 5.53. The number of nitrogens with zero attached hydrogens (tertiary/aromatic N) is 4. The first-order chi connectivity index (χ1) is 17.6. The number of benzene rings is 1. The van der Waals surface area contributed by atoms with Gasteiger partial charge in [-0.3, -0.25) is 0 Å². The fourth-order valence-electron chi connectivity index (χ4n) is 5.99. The molecule has 1 amide bonds. The number of piperazine rings is 1. The Balaban J connectivity index is 2.07. The average Bonchev–Trinajstić information content (AvgIpc) is 2.87. The third kappa shape index (κ3) is 7.03. The van der Waals surface area contributed by atoms with Crippen molar-refractivity contribution in [1.82, 2.24) is 14.9 Å². The van der Waals surface area contributed by atoms with Gasteiger partial charge in [0.2, 0.25) is 0 Å². The standard InChI is InChI=1S/C17H20ClN4O2.3C4H9.Sn/c1-17(2,3)14-9-21(6-7-22(14)16(23)24)15-12-8-11(18)4-5-13(12)19-10-20-15;3*1-3-4-2;/h5,8,10,14H,6-7,9H2,1-3H3,(H,23,24);3*1,3-4H2,2H3;. The second-order valence-electron chi connectivity index (χ2n) is 11.9. The predicted octanol–water partition coefficient (Wildman–Crippen LogP) is 7.55. The number of amides is 1. The summed E-state index contributed by atoms with van der Waals surface area (Å²) in [7, 11) is 0. The van der Waals surface area contributed by atoms with Gasteiger partial charge in [-0.2, -0.15) is 0 Å². The van der Waals surface area contributed by atoms with E-state index >= 15 is 0 Å². The van der Waals surface area contributed by atoms with Gasteiger partial charge in [0.15, 0.2) is 0 Å². The second-order valence-corrected chi connectivity index (χ2v) is 25.5. The van der Waals surface area contributed by atoms with Gasteiger partial charge in [-0.1, -0.05) is 0 Å². The van der Waals surface area contributed by atoms with E-state index in [-0.39, 0.29) is 11.5 Å². The molecule has 1 aromatic carbocycles. The Hall–Kier alpha value is -1.28. The molecule has 3 rings (SSSR count). The van der Waals surface area contributed by atoms with E-state index in [2.05, 4.69) is 58.6 Å². The van der Waals surface area contributed by atoms with Crippen molar-refractivity contribution in [3.63, 3.8) is 0 Å². The van der Waals surface area contributed by atoms with E-state index < -0.39 is 24.5 Å². The quantitative estimate of drug-likeness (QED) is 0.258. The minimum atomic E-state index is -2.74. The Labute approximate surface area is 233 Å². The monoisotopic (exact) mass is 638 g/mol. The molecule has 37 heavy (non-hydrogen) atoms. The normalized spacial score (nSPS) is 17.0. The molecule has 1 unspecified atom stereocenters. The van der Waals surface area contributed by atoms with E-state index in [0.717, 1.165) is 21.7 Å². The third-order valence-electron chi connectivity index (χ3n) is 8.23. The van der Waals surface area contributed by atoms with Crippen LogP contribution in [0.25, 0.3) is 10.9 Å². The van der Waals surface area contributed by atoms with E-state index in [1.165, 1.54) is 55.4 Å². The van der Waals surface area contributed by atoms with Gasteiger partial charge in [0.25, 0.3) is 0 Å². The summed E-state index contributed by atoms with van der Waals surface area (Å²) in [5, 5.41) is 11.7. The van der Waals surface area contributed by atoms with Gasteiger partial charge in [-0.25, -0.2) is 0 Å². The first-order valence-corrected chi connectivity index (χ1v) is 22.1. The van der Waals surface area contributed by atoms with Gasteiger partial charge in [-0.05, 0) is 0 Å². The fraction of sp³-hybridized carbons (Fsp3) is 0.690. The number of hydrogen-bond acceptors (Lipinski definition) is 4. The van der Waals surface area contributed by atoms with E-state index in [1.807, 2.05) is 0 Å². The van der Waals surface area contributed by atoms with Crippen molar-refractivity contribution in [3.8, 4) is 0 Å². The molecule has 0 aliphatic carbocycles. The van der Waals surface area contributed by atoms with Crippen molar-refractivity contribution in [3.05, 3.63) is 23.5 Å². The number of halogens is 1. The van der Waals surface area contributed by atoms with Crippen LogP contribution < -0.4 is 8.48 Å². The summed E-state index contributed by atoms with van der Waals surface area (Å²) in [6.07, 6.45) is 8.36. The SMILES string of the molecule is CCC[CH2][Sn]([CH2]CCC)([CH2]CCC)[c]1cc2ncnc(N3CCN(C(=O)O)C(C(C)(C)C)C3)c2cc1Cl. The van der Waals surface area contributed by atoms with Crippen LogP contribution >= 0.6 is 11.6 Å². The van der Waals surface area contributed by atoms with Crippen molar-refractivity contribution in [1.29, 1.82) is 0 Å². The average molecular weight is 638 g/mol. The van der Waals surface area contributed by atoms with Crippen molar-refractivity contribution in [2.75, 3.05) is 24.5 Å². The second kappa shape index (κ2) is 13.2. The molecular weight excluding hydrogens is 591 g/mol. The molecule has 0 spiro atoms. The Kier molecular flexibility index (Phi) is 10.8. The molecule has 1 N–H and O–H groups in total. The van der Waals surface area contributed by atoms with Crippen LogP contribution in [0.2, 0.25) is 18.3 Å². The van der Waals surface area contributed by atoms with Crippen molar-refractivity contribution in [2.45, 2.75) is 99.4 Å². The molecule has 1 saturated heterocycles. The molecule has 1 aliphatic rings. The number of anilines is 1. The fourth-order valence-corrected chi connectivity index (χ4v) is 23.7. The van der Waals surface area contributed by atoms with E-state index in [1.54, 1.807) is 11.2 Å². The van der Waals surface area contributed by atoms with E-state index in [0.29, 0.717) is 19.6 Å². The molecule has 2 heterocycles. The molecule has 1 fully saturated rings. The zero-order chi connectivity index (χ0) is 27.2. The first-order valence-electron chi connectivity index (χ1n) is 14.3. The summed E-state index contributed by atoms with van der Waals surface area (Å²) >= 11 is 4.45. The van der Waals surface area contributed by atoms with Crippen molar-refractivity contribution < 1.29 is 9.90 Å². The molecule has 8 heteroatoms. The van der Waals surface area contributed by atoms with E-state index in [9.17, 15) is 9.90 Å². The minimum absolute atomic E-state index is 0.125. The third-order valence-corrected chi connectivity index (χ3v) is 24.7. The number of unbranched alkanes of at least 4 members (excludes halogenated alkanes) is 3. The summed E-state index contributed by atoms with van der Waals surface area (Å²) in [5.74, 6) is 0.870. The predicted molar refractivity (Wildman–Crippen MR) is 159 cm³/mol. The van der Waals surface area contributed by atoms with Crippen LogP contribution in [0.5, 0.6) is 0 Å². The molecule has 1 atom stereocenters.